The van der Waals surface area contributed by atoms with Crippen LogP contribution in [0.5, 0.6) is 5.75 Å². The number of nitrogens with zero attached hydrogens (tertiary/aromatic N) is 1. The fourth-order valence-corrected chi connectivity index (χ4v) is 3.18. The number of aromatic nitrogens is 1. The van der Waals surface area contributed by atoms with Crippen molar-refractivity contribution >= 4 is 28.9 Å². The lowest BCUT2D eigenvalue weighted by atomic mass is 10.2. The Hall–Kier alpha value is -3.19. The highest BCUT2D eigenvalue weighted by atomic mass is 32.1. The highest BCUT2D eigenvalue weighted by molar-refractivity contribution is 7.13. The van der Waals surface area contributed by atoms with Gasteiger partial charge in [-0.3, -0.25) is 4.79 Å². The van der Waals surface area contributed by atoms with E-state index in [9.17, 15) is 9.59 Å². The van der Waals surface area contributed by atoms with E-state index in [4.69, 9.17) is 9.47 Å². The molecule has 0 radical (unpaired) electrons. The molecule has 0 aliphatic rings. The molecular formula is C21H20N2O4S. The van der Waals surface area contributed by atoms with E-state index in [0.29, 0.717) is 11.4 Å². The first-order valence-electron chi connectivity index (χ1n) is 8.64. The van der Waals surface area contributed by atoms with E-state index in [-0.39, 0.29) is 5.69 Å². The summed E-state index contributed by atoms with van der Waals surface area (Å²) in [5.41, 5.74) is 2.85. The van der Waals surface area contributed by atoms with Crippen molar-refractivity contribution in [1.82, 2.24) is 4.98 Å². The van der Waals surface area contributed by atoms with Crippen LogP contribution >= 0.6 is 11.3 Å². The number of rotatable bonds is 6. The first-order valence-corrected chi connectivity index (χ1v) is 9.52. The van der Waals surface area contributed by atoms with Crippen LogP contribution in [0, 0.1) is 6.92 Å². The summed E-state index contributed by atoms with van der Waals surface area (Å²) >= 11 is 1.35. The highest BCUT2D eigenvalue weighted by Crippen LogP contribution is 2.24. The zero-order valence-electron chi connectivity index (χ0n) is 15.8. The molecule has 0 fully saturated rings. The van der Waals surface area contributed by atoms with Gasteiger partial charge in [0.1, 0.15) is 10.8 Å². The molecule has 1 unspecified atom stereocenters. The predicted octanol–water partition coefficient (Wildman–Crippen LogP) is 4.31. The molecule has 2 aromatic carbocycles. The minimum absolute atomic E-state index is 0.185. The number of amides is 1. The van der Waals surface area contributed by atoms with Crippen LogP contribution in [-0.2, 0) is 9.53 Å². The van der Waals surface area contributed by atoms with Crippen molar-refractivity contribution < 1.29 is 19.1 Å². The Balaban J connectivity index is 1.60. The van der Waals surface area contributed by atoms with Crippen LogP contribution in [0.15, 0.2) is 53.9 Å². The molecule has 1 aromatic heterocycles. The summed E-state index contributed by atoms with van der Waals surface area (Å²) < 4.78 is 10.3. The number of hydrogen-bond acceptors (Lipinski definition) is 6. The van der Waals surface area contributed by atoms with Gasteiger partial charge in [0.05, 0.1) is 7.11 Å². The van der Waals surface area contributed by atoms with Gasteiger partial charge in [-0.15, -0.1) is 11.3 Å². The van der Waals surface area contributed by atoms with E-state index in [2.05, 4.69) is 10.3 Å². The van der Waals surface area contributed by atoms with Crippen LogP contribution in [0.4, 0.5) is 5.69 Å². The number of anilines is 1. The lowest BCUT2D eigenvalue weighted by Gasteiger charge is -2.13. The first-order chi connectivity index (χ1) is 13.5. The smallest absolute Gasteiger partial charge is 0.358 e. The van der Waals surface area contributed by atoms with Crippen molar-refractivity contribution in [2.75, 3.05) is 12.4 Å². The summed E-state index contributed by atoms with van der Waals surface area (Å²) in [6, 6.07) is 14.8. The summed E-state index contributed by atoms with van der Waals surface area (Å²) in [5.74, 6) is -0.370. The van der Waals surface area contributed by atoms with Gasteiger partial charge in [0, 0.05) is 16.6 Å². The average Bonchev–Trinajstić information content (AvgIpc) is 3.19. The third-order valence-electron chi connectivity index (χ3n) is 4.02. The maximum atomic E-state index is 12.3. The minimum Gasteiger partial charge on any atom is -0.497 e. The van der Waals surface area contributed by atoms with Crippen molar-refractivity contribution in [3.63, 3.8) is 0 Å². The Morgan fingerprint density at radius 2 is 1.75 bits per heavy atom. The fraction of sp³-hybridized carbons (Fsp3) is 0.190. The van der Waals surface area contributed by atoms with E-state index in [1.807, 2.05) is 31.2 Å². The van der Waals surface area contributed by atoms with Gasteiger partial charge in [-0.2, -0.15) is 0 Å². The van der Waals surface area contributed by atoms with Gasteiger partial charge >= 0.3 is 5.97 Å². The Labute approximate surface area is 167 Å². The number of thiazole rings is 1. The number of carbonyl (C=O) groups excluding carboxylic acids is 2. The molecule has 1 atom stereocenters. The minimum atomic E-state index is -0.959. The third-order valence-corrected chi connectivity index (χ3v) is 4.91. The molecule has 0 saturated heterocycles. The Morgan fingerprint density at radius 1 is 1.07 bits per heavy atom. The number of nitrogens with one attached hydrogen (secondary N) is 1. The van der Waals surface area contributed by atoms with Gasteiger partial charge in [-0.05, 0) is 38.1 Å². The SMILES string of the molecule is COc1ccc(NC(=O)C(C)OC(=O)c2csc(-c3ccc(C)cc3)n2)cc1. The summed E-state index contributed by atoms with van der Waals surface area (Å²) in [6.45, 7) is 3.52. The number of aryl methyl sites for hydroxylation is 1. The molecule has 0 bridgehead atoms. The summed E-state index contributed by atoms with van der Waals surface area (Å²) in [5, 5.41) is 5.05. The molecule has 1 N–H and O–H groups in total. The highest BCUT2D eigenvalue weighted by Gasteiger charge is 2.21. The van der Waals surface area contributed by atoms with Gasteiger partial charge in [-0.25, -0.2) is 9.78 Å². The average molecular weight is 396 g/mol. The second kappa shape index (κ2) is 8.67. The second-order valence-electron chi connectivity index (χ2n) is 6.17. The van der Waals surface area contributed by atoms with Crippen LogP contribution in [-0.4, -0.2) is 30.1 Å². The molecule has 0 aliphatic carbocycles. The van der Waals surface area contributed by atoms with Crippen LogP contribution in [0.25, 0.3) is 10.6 Å². The Bertz CT molecular complexity index is 965. The van der Waals surface area contributed by atoms with Gasteiger partial charge in [0.2, 0.25) is 0 Å². The van der Waals surface area contributed by atoms with Crippen LogP contribution in [0.1, 0.15) is 23.0 Å². The number of esters is 1. The van der Waals surface area contributed by atoms with Crippen LogP contribution < -0.4 is 10.1 Å². The number of benzene rings is 2. The normalized spacial score (nSPS) is 11.5. The molecule has 3 rings (SSSR count). The Kier molecular flexibility index (Phi) is 6.06. The molecular weight excluding hydrogens is 376 g/mol. The maximum absolute atomic E-state index is 12.3. The standard InChI is InChI=1S/C21H20N2O4S/c1-13-4-6-15(7-5-13)20-23-18(12-28-20)21(25)27-14(2)19(24)22-16-8-10-17(26-3)11-9-16/h4-12,14H,1-3H3,(H,22,24). The molecule has 6 nitrogen and oxygen atoms in total. The molecule has 0 spiro atoms. The molecule has 0 saturated carbocycles. The second-order valence-corrected chi connectivity index (χ2v) is 7.03. The zero-order valence-corrected chi connectivity index (χ0v) is 16.6. The molecule has 1 amide bonds. The molecule has 1 heterocycles. The van der Waals surface area contributed by atoms with E-state index in [1.54, 1.807) is 36.8 Å². The van der Waals surface area contributed by atoms with Gasteiger partial charge in [0.25, 0.3) is 5.91 Å². The van der Waals surface area contributed by atoms with Gasteiger partial charge in [0.15, 0.2) is 11.8 Å². The molecule has 7 heteroatoms. The largest absolute Gasteiger partial charge is 0.497 e. The monoisotopic (exact) mass is 396 g/mol. The van der Waals surface area contributed by atoms with E-state index in [1.165, 1.54) is 18.3 Å². The number of ether oxygens (including phenoxy) is 2. The Morgan fingerprint density at radius 3 is 2.39 bits per heavy atom. The van der Waals surface area contributed by atoms with Crippen molar-refractivity contribution in [3.8, 4) is 16.3 Å². The summed E-state index contributed by atoms with van der Waals surface area (Å²) in [4.78, 5) is 28.9. The van der Waals surface area contributed by atoms with Gasteiger partial charge in [-0.1, -0.05) is 29.8 Å². The number of hydrogen-bond donors (Lipinski definition) is 1. The van der Waals surface area contributed by atoms with Crippen molar-refractivity contribution in [3.05, 3.63) is 65.2 Å². The lowest BCUT2D eigenvalue weighted by molar-refractivity contribution is -0.123. The molecule has 3 aromatic rings. The summed E-state index contributed by atoms with van der Waals surface area (Å²) in [6.07, 6.45) is -0.959. The lowest BCUT2D eigenvalue weighted by Crippen LogP contribution is -2.30. The third kappa shape index (κ3) is 4.75. The number of carbonyl (C=O) groups is 2. The maximum Gasteiger partial charge on any atom is 0.358 e. The molecule has 144 valence electrons. The van der Waals surface area contributed by atoms with E-state index < -0.39 is 18.0 Å². The van der Waals surface area contributed by atoms with Gasteiger partial charge < -0.3 is 14.8 Å². The van der Waals surface area contributed by atoms with Crippen LogP contribution in [0.2, 0.25) is 0 Å². The predicted molar refractivity (Wildman–Crippen MR) is 109 cm³/mol. The first kappa shape index (κ1) is 19.6. The van der Waals surface area contributed by atoms with Crippen molar-refractivity contribution in [2.24, 2.45) is 0 Å². The number of methoxy groups -OCH3 is 1. The topological polar surface area (TPSA) is 77.5 Å². The van der Waals surface area contributed by atoms with Crippen molar-refractivity contribution in [2.45, 2.75) is 20.0 Å². The molecule has 0 aliphatic heterocycles. The van der Waals surface area contributed by atoms with E-state index in [0.717, 1.165) is 16.1 Å². The summed E-state index contributed by atoms with van der Waals surface area (Å²) in [7, 11) is 1.57. The zero-order chi connectivity index (χ0) is 20.1. The van der Waals surface area contributed by atoms with Crippen molar-refractivity contribution in [1.29, 1.82) is 0 Å². The quantitative estimate of drug-likeness (QED) is 0.628. The fourth-order valence-electron chi connectivity index (χ4n) is 2.39. The van der Waals surface area contributed by atoms with Crippen LogP contribution in [0.3, 0.4) is 0 Å². The molecule has 28 heavy (non-hydrogen) atoms. The van der Waals surface area contributed by atoms with E-state index >= 15 is 0 Å².